The molecule has 0 amide bonds. The van der Waals surface area contributed by atoms with E-state index in [1.54, 1.807) is 0 Å². The average Bonchev–Trinajstić information content (AvgIpc) is 2.69. The van der Waals surface area contributed by atoms with Gasteiger partial charge in [-0.2, -0.15) is 0 Å². The molecule has 0 aliphatic rings. The zero-order valence-corrected chi connectivity index (χ0v) is 13.1. The lowest BCUT2D eigenvalue weighted by Gasteiger charge is -2.04. The molecule has 0 unspecified atom stereocenters. The number of esters is 1. The van der Waals surface area contributed by atoms with Crippen LogP contribution in [0.4, 0.5) is 0 Å². The van der Waals surface area contributed by atoms with Crippen molar-refractivity contribution in [2.24, 2.45) is 7.05 Å². The van der Waals surface area contributed by atoms with E-state index in [9.17, 15) is 14.9 Å². The molecule has 0 N–H and O–H groups in total. The van der Waals surface area contributed by atoms with Gasteiger partial charge in [0, 0.05) is 39.8 Å². The topological polar surface area (TPSA) is 74.4 Å². The highest BCUT2D eigenvalue weighted by molar-refractivity contribution is 9.10. The number of aromatic nitrogens is 1. The van der Waals surface area contributed by atoms with Crippen LogP contribution in [-0.4, -0.2) is 22.6 Å². The van der Waals surface area contributed by atoms with Crippen molar-refractivity contribution >= 4 is 38.9 Å². The first kappa shape index (κ1) is 15.2. The molecule has 0 bridgehead atoms. The number of nitrogens with zero attached hydrogens (tertiary/aromatic N) is 2. The maximum atomic E-state index is 11.6. The minimum absolute atomic E-state index is 0.0523. The molecule has 2 rings (SSSR count). The van der Waals surface area contributed by atoms with Crippen molar-refractivity contribution in [3.8, 4) is 0 Å². The average molecular weight is 353 g/mol. The van der Waals surface area contributed by atoms with Crippen LogP contribution in [0, 0.1) is 10.1 Å². The molecule has 1 heterocycles. The molecule has 0 radical (unpaired) electrons. The van der Waals surface area contributed by atoms with Gasteiger partial charge in [0.25, 0.3) is 0 Å². The Morgan fingerprint density at radius 1 is 1.52 bits per heavy atom. The number of carbonyl (C=O) groups excluding carboxylic acids is 1. The first-order chi connectivity index (χ1) is 9.93. The van der Waals surface area contributed by atoms with Crippen molar-refractivity contribution in [1.82, 2.24) is 4.57 Å². The van der Waals surface area contributed by atoms with Gasteiger partial charge in [0.1, 0.15) is 0 Å². The summed E-state index contributed by atoms with van der Waals surface area (Å²) in [5.41, 5.74) is 2.21. The molecule has 0 spiro atoms. The lowest BCUT2D eigenvalue weighted by atomic mass is 10.1. The van der Waals surface area contributed by atoms with Crippen molar-refractivity contribution in [2.45, 2.75) is 6.42 Å². The maximum absolute atomic E-state index is 11.6. The number of benzene rings is 1. The SMILES string of the molecule is COC(=O)Cc1c(/C=C/[N+](=O)[O-])c2cc(Br)ccc2n1C. The van der Waals surface area contributed by atoms with Crippen LogP contribution in [0.25, 0.3) is 17.0 Å². The Labute approximate surface area is 129 Å². The summed E-state index contributed by atoms with van der Waals surface area (Å²) in [5, 5.41) is 11.4. The Balaban J connectivity index is 2.68. The molecule has 7 heteroatoms. The summed E-state index contributed by atoms with van der Waals surface area (Å²) in [7, 11) is 3.13. The highest BCUT2D eigenvalue weighted by Crippen LogP contribution is 2.29. The van der Waals surface area contributed by atoms with Crippen molar-refractivity contribution in [3.63, 3.8) is 0 Å². The second-order valence-electron chi connectivity index (χ2n) is 4.43. The molecule has 0 saturated carbocycles. The fraction of sp³-hybridized carbons (Fsp3) is 0.214. The molecular formula is C14H13BrN2O4. The highest BCUT2D eigenvalue weighted by atomic mass is 79.9. The van der Waals surface area contributed by atoms with Crippen LogP contribution in [0.15, 0.2) is 28.9 Å². The molecule has 0 fully saturated rings. The van der Waals surface area contributed by atoms with Gasteiger partial charge in [0.15, 0.2) is 0 Å². The van der Waals surface area contributed by atoms with E-state index in [-0.39, 0.29) is 6.42 Å². The van der Waals surface area contributed by atoms with Crippen LogP contribution < -0.4 is 0 Å². The van der Waals surface area contributed by atoms with E-state index in [0.29, 0.717) is 11.3 Å². The van der Waals surface area contributed by atoms with Crippen LogP contribution in [0.3, 0.4) is 0 Å². The number of ether oxygens (including phenoxy) is 1. The fourth-order valence-corrected chi connectivity index (χ4v) is 2.60. The maximum Gasteiger partial charge on any atom is 0.311 e. The third kappa shape index (κ3) is 3.13. The van der Waals surface area contributed by atoms with Gasteiger partial charge < -0.3 is 9.30 Å². The van der Waals surface area contributed by atoms with Gasteiger partial charge in [-0.05, 0) is 18.2 Å². The standard InChI is InChI=1S/C14H13BrN2O4/c1-16-12-4-3-9(15)7-11(12)10(5-6-17(19)20)13(16)8-14(18)21-2/h3-7H,8H2,1-2H3/b6-5+. The Bertz CT molecular complexity index is 749. The van der Waals surface area contributed by atoms with E-state index in [2.05, 4.69) is 20.7 Å². The summed E-state index contributed by atoms with van der Waals surface area (Å²) < 4.78 is 7.40. The monoisotopic (exact) mass is 352 g/mol. The zero-order chi connectivity index (χ0) is 15.6. The number of aryl methyl sites for hydroxylation is 1. The highest BCUT2D eigenvalue weighted by Gasteiger charge is 2.17. The van der Waals surface area contributed by atoms with E-state index >= 15 is 0 Å². The van der Waals surface area contributed by atoms with E-state index in [0.717, 1.165) is 21.6 Å². The van der Waals surface area contributed by atoms with Gasteiger partial charge in [-0.15, -0.1) is 0 Å². The zero-order valence-electron chi connectivity index (χ0n) is 11.5. The first-order valence-electron chi connectivity index (χ1n) is 6.09. The van der Waals surface area contributed by atoms with Crippen LogP contribution >= 0.6 is 15.9 Å². The van der Waals surface area contributed by atoms with E-state index in [4.69, 9.17) is 0 Å². The molecule has 0 aliphatic carbocycles. The fourth-order valence-electron chi connectivity index (χ4n) is 2.24. The van der Waals surface area contributed by atoms with Crippen molar-refractivity contribution in [1.29, 1.82) is 0 Å². The van der Waals surface area contributed by atoms with Crippen LogP contribution in [0.2, 0.25) is 0 Å². The Hall–Kier alpha value is -2.15. The van der Waals surface area contributed by atoms with Gasteiger partial charge >= 0.3 is 5.97 Å². The van der Waals surface area contributed by atoms with Gasteiger partial charge in [-0.3, -0.25) is 14.9 Å². The number of carbonyl (C=O) groups is 1. The molecule has 110 valence electrons. The van der Waals surface area contributed by atoms with Crippen molar-refractivity contribution in [2.75, 3.05) is 7.11 Å². The molecule has 1 aromatic heterocycles. The van der Waals surface area contributed by atoms with Crippen LogP contribution in [0.5, 0.6) is 0 Å². The quantitative estimate of drug-likeness (QED) is 0.481. The molecule has 0 saturated heterocycles. The van der Waals surface area contributed by atoms with Gasteiger partial charge in [0.2, 0.25) is 6.20 Å². The third-order valence-corrected chi connectivity index (χ3v) is 3.72. The molecule has 21 heavy (non-hydrogen) atoms. The summed E-state index contributed by atoms with van der Waals surface area (Å²) >= 11 is 3.39. The summed E-state index contributed by atoms with van der Waals surface area (Å²) in [5.74, 6) is -0.393. The van der Waals surface area contributed by atoms with E-state index < -0.39 is 10.9 Å². The number of halogens is 1. The lowest BCUT2D eigenvalue weighted by molar-refractivity contribution is -0.400. The summed E-state index contributed by atoms with van der Waals surface area (Å²) in [4.78, 5) is 21.6. The Morgan fingerprint density at radius 3 is 2.86 bits per heavy atom. The molecule has 0 atom stereocenters. The summed E-state index contributed by atoms with van der Waals surface area (Å²) in [6.45, 7) is 0. The van der Waals surface area contributed by atoms with E-state index in [1.165, 1.54) is 13.2 Å². The number of rotatable bonds is 4. The van der Waals surface area contributed by atoms with Crippen LogP contribution in [-0.2, 0) is 23.0 Å². The molecular weight excluding hydrogens is 340 g/mol. The predicted octanol–water partition coefficient (Wildman–Crippen LogP) is 2.90. The Morgan fingerprint density at radius 2 is 2.24 bits per heavy atom. The number of nitro groups is 1. The van der Waals surface area contributed by atoms with E-state index in [1.807, 2.05) is 29.8 Å². The molecule has 0 aliphatic heterocycles. The minimum Gasteiger partial charge on any atom is -0.469 e. The smallest absolute Gasteiger partial charge is 0.311 e. The van der Waals surface area contributed by atoms with Crippen LogP contribution in [0.1, 0.15) is 11.3 Å². The third-order valence-electron chi connectivity index (χ3n) is 3.23. The number of methoxy groups -OCH3 is 1. The normalized spacial score (nSPS) is 11.2. The Kier molecular flexibility index (Phi) is 4.42. The first-order valence-corrected chi connectivity index (χ1v) is 6.88. The molecule has 2 aromatic rings. The van der Waals surface area contributed by atoms with Gasteiger partial charge in [-0.25, -0.2) is 0 Å². The summed E-state index contributed by atoms with van der Waals surface area (Å²) in [6.07, 6.45) is 2.33. The number of fused-ring (bicyclic) bond motifs is 1. The van der Waals surface area contributed by atoms with Gasteiger partial charge in [0.05, 0.1) is 18.5 Å². The molecule has 6 nitrogen and oxygen atoms in total. The number of hydrogen-bond donors (Lipinski definition) is 0. The molecule has 1 aromatic carbocycles. The number of hydrogen-bond acceptors (Lipinski definition) is 4. The largest absolute Gasteiger partial charge is 0.469 e. The van der Waals surface area contributed by atoms with Gasteiger partial charge in [-0.1, -0.05) is 15.9 Å². The lowest BCUT2D eigenvalue weighted by Crippen LogP contribution is -2.09. The predicted molar refractivity (Wildman–Crippen MR) is 82.4 cm³/mol. The van der Waals surface area contributed by atoms with Crippen molar-refractivity contribution in [3.05, 3.63) is 50.2 Å². The summed E-state index contributed by atoms with van der Waals surface area (Å²) in [6, 6.07) is 5.64. The minimum atomic E-state index is -0.529. The van der Waals surface area contributed by atoms with Crippen molar-refractivity contribution < 1.29 is 14.5 Å². The second-order valence-corrected chi connectivity index (χ2v) is 5.35. The second kappa shape index (κ2) is 6.09.